The Morgan fingerprint density at radius 2 is 1.79 bits per heavy atom. The van der Waals surface area contributed by atoms with Gasteiger partial charge >= 0.3 is 0 Å². The summed E-state index contributed by atoms with van der Waals surface area (Å²) in [6, 6.07) is 14.9. The van der Waals surface area contributed by atoms with Gasteiger partial charge in [0.1, 0.15) is 0 Å². The number of nitrogens with two attached hydrogens (primary N) is 1. The van der Waals surface area contributed by atoms with Gasteiger partial charge in [0.15, 0.2) is 5.16 Å². The molecule has 0 aliphatic carbocycles. The summed E-state index contributed by atoms with van der Waals surface area (Å²) in [4.78, 5) is 19.8. The summed E-state index contributed by atoms with van der Waals surface area (Å²) >= 11 is 1.30. The number of nitrogen functional groups attached to an aromatic ring is 1. The number of benzene rings is 2. The second-order valence-corrected chi connectivity index (χ2v) is 11.4. The summed E-state index contributed by atoms with van der Waals surface area (Å²) in [5, 5.41) is 0.566. The van der Waals surface area contributed by atoms with Gasteiger partial charge in [0, 0.05) is 30.9 Å². The van der Waals surface area contributed by atoms with Crippen LogP contribution in [0.2, 0.25) is 0 Å². The monoisotopic (exact) mass is 497 g/mol. The number of aromatic nitrogens is 2. The Morgan fingerprint density at radius 1 is 1.03 bits per heavy atom. The van der Waals surface area contributed by atoms with Crippen LogP contribution in [0.4, 0.5) is 5.69 Å². The highest BCUT2D eigenvalue weighted by Gasteiger charge is 2.30. The van der Waals surface area contributed by atoms with E-state index in [0.717, 1.165) is 48.2 Å². The van der Waals surface area contributed by atoms with Crippen LogP contribution in [0.3, 0.4) is 0 Å². The fourth-order valence-electron chi connectivity index (χ4n) is 4.51. The Labute approximate surface area is 203 Å². The lowest BCUT2D eigenvalue weighted by atomic mass is 10.0. The first-order chi connectivity index (χ1) is 16.4. The Balaban J connectivity index is 1.30. The zero-order chi connectivity index (χ0) is 23.7. The van der Waals surface area contributed by atoms with Crippen LogP contribution in [0.1, 0.15) is 24.8 Å². The van der Waals surface area contributed by atoms with Gasteiger partial charge in [0.05, 0.1) is 22.5 Å². The SMILES string of the molecule is Nn1cc(-c2ccccc2)nc1SCC(=O)N1CCCc2cc(S(=O)(=O)N3CCCC3)ccc21. The minimum absolute atomic E-state index is 0.0506. The molecule has 0 spiro atoms. The highest BCUT2D eigenvalue weighted by molar-refractivity contribution is 7.99. The van der Waals surface area contributed by atoms with E-state index in [1.54, 1.807) is 33.6 Å². The summed E-state index contributed by atoms with van der Waals surface area (Å²) in [5.74, 6) is 6.22. The van der Waals surface area contributed by atoms with Crippen molar-refractivity contribution < 1.29 is 13.2 Å². The quantitative estimate of drug-likeness (QED) is 0.415. The molecule has 2 aliphatic rings. The summed E-state index contributed by atoms with van der Waals surface area (Å²) in [6.45, 7) is 1.76. The molecule has 34 heavy (non-hydrogen) atoms. The molecule has 0 radical (unpaired) electrons. The average molecular weight is 498 g/mol. The molecule has 0 atom stereocenters. The van der Waals surface area contributed by atoms with Gasteiger partial charge in [-0.15, -0.1) is 0 Å². The van der Waals surface area contributed by atoms with Crippen molar-refractivity contribution >= 4 is 33.4 Å². The molecule has 5 rings (SSSR count). The molecule has 178 valence electrons. The third kappa shape index (κ3) is 4.45. The number of amides is 1. The van der Waals surface area contributed by atoms with Gasteiger partial charge in [-0.3, -0.25) is 4.79 Å². The molecule has 1 amide bonds. The predicted molar refractivity (Wildman–Crippen MR) is 134 cm³/mol. The summed E-state index contributed by atoms with van der Waals surface area (Å²) in [5.41, 5.74) is 3.41. The molecule has 0 saturated carbocycles. The van der Waals surface area contributed by atoms with Crippen LogP contribution in [0.25, 0.3) is 11.3 Å². The number of sulfonamides is 1. The maximum absolute atomic E-state index is 13.1. The van der Waals surface area contributed by atoms with Crippen LogP contribution in [0.15, 0.2) is 64.8 Å². The van der Waals surface area contributed by atoms with E-state index in [1.165, 1.54) is 16.4 Å². The number of nitrogens with zero attached hydrogens (tertiary/aromatic N) is 4. The van der Waals surface area contributed by atoms with Gasteiger partial charge in [-0.1, -0.05) is 42.1 Å². The molecule has 2 aromatic carbocycles. The summed E-state index contributed by atoms with van der Waals surface area (Å²) < 4.78 is 28.9. The first-order valence-electron chi connectivity index (χ1n) is 11.4. The molecular formula is C24H27N5O3S2. The zero-order valence-corrected chi connectivity index (χ0v) is 20.4. The van der Waals surface area contributed by atoms with Crippen molar-refractivity contribution in [3.8, 4) is 11.3 Å². The predicted octanol–water partition coefficient (Wildman–Crippen LogP) is 3.12. The number of hydrogen-bond donors (Lipinski definition) is 1. The molecule has 2 aliphatic heterocycles. The topological polar surface area (TPSA) is 102 Å². The molecule has 10 heteroatoms. The van der Waals surface area contributed by atoms with E-state index in [9.17, 15) is 13.2 Å². The lowest BCUT2D eigenvalue weighted by Crippen LogP contribution is -2.37. The lowest BCUT2D eigenvalue weighted by Gasteiger charge is -2.30. The highest BCUT2D eigenvalue weighted by Crippen LogP contribution is 2.32. The molecule has 3 aromatic rings. The van der Waals surface area contributed by atoms with Crippen molar-refractivity contribution in [1.82, 2.24) is 14.0 Å². The van der Waals surface area contributed by atoms with Crippen molar-refractivity contribution in [1.29, 1.82) is 0 Å². The molecule has 1 aromatic heterocycles. The maximum atomic E-state index is 13.1. The third-order valence-corrected chi connectivity index (χ3v) is 9.11. The lowest BCUT2D eigenvalue weighted by molar-refractivity contribution is -0.116. The van der Waals surface area contributed by atoms with E-state index >= 15 is 0 Å². The number of rotatable bonds is 6. The molecule has 8 nitrogen and oxygen atoms in total. The van der Waals surface area contributed by atoms with E-state index in [-0.39, 0.29) is 11.7 Å². The fraction of sp³-hybridized carbons (Fsp3) is 0.333. The number of carbonyl (C=O) groups is 1. The van der Waals surface area contributed by atoms with Crippen LogP contribution in [-0.4, -0.2) is 53.7 Å². The van der Waals surface area contributed by atoms with Gasteiger partial charge in [0.2, 0.25) is 15.9 Å². The molecule has 0 bridgehead atoms. The Hall–Kier alpha value is -2.82. The molecule has 3 heterocycles. The minimum atomic E-state index is -3.48. The van der Waals surface area contributed by atoms with Gasteiger partial charge in [0.25, 0.3) is 0 Å². The fourth-order valence-corrected chi connectivity index (χ4v) is 6.85. The van der Waals surface area contributed by atoms with E-state index in [4.69, 9.17) is 5.84 Å². The molecular weight excluding hydrogens is 470 g/mol. The maximum Gasteiger partial charge on any atom is 0.243 e. The first-order valence-corrected chi connectivity index (χ1v) is 13.8. The minimum Gasteiger partial charge on any atom is -0.337 e. The molecule has 1 saturated heterocycles. The van der Waals surface area contributed by atoms with Gasteiger partial charge in [-0.2, -0.15) is 4.31 Å². The zero-order valence-electron chi connectivity index (χ0n) is 18.8. The van der Waals surface area contributed by atoms with Crippen LogP contribution in [-0.2, 0) is 21.2 Å². The largest absolute Gasteiger partial charge is 0.337 e. The van der Waals surface area contributed by atoms with Crippen molar-refractivity contribution in [3.63, 3.8) is 0 Å². The van der Waals surface area contributed by atoms with Crippen LogP contribution in [0.5, 0.6) is 0 Å². The standard InChI is InChI=1S/C24H27N5O3S2/c25-29-16-21(18-7-2-1-3-8-18)26-24(29)33-17-23(30)28-14-6-9-19-15-20(10-11-22(19)28)34(31,32)27-12-4-5-13-27/h1-3,7-8,10-11,15-16H,4-6,9,12-14,17,25H2. The summed E-state index contributed by atoms with van der Waals surface area (Å²) in [7, 11) is -3.48. The number of fused-ring (bicyclic) bond motifs is 1. The Bertz CT molecular complexity index is 1300. The molecule has 1 fully saturated rings. The number of hydrogen-bond acceptors (Lipinski definition) is 6. The van der Waals surface area contributed by atoms with Crippen LogP contribution < -0.4 is 10.7 Å². The average Bonchev–Trinajstić information content (AvgIpc) is 3.53. The normalized spacial score (nSPS) is 16.5. The second kappa shape index (κ2) is 9.44. The Morgan fingerprint density at radius 3 is 2.56 bits per heavy atom. The second-order valence-electron chi connectivity index (χ2n) is 8.52. The number of aryl methyl sites for hydroxylation is 1. The van der Waals surface area contributed by atoms with Crippen molar-refractivity contribution in [2.24, 2.45) is 0 Å². The first kappa shape index (κ1) is 22.9. The van der Waals surface area contributed by atoms with Crippen molar-refractivity contribution in [2.45, 2.75) is 35.7 Å². The highest BCUT2D eigenvalue weighted by atomic mass is 32.2. The third-order valence-electron chi connectivity index (χ3n) is 6.27. The van der Waals surface area contributed by atoms with E-state index in [2.05, 4.69) is 4.98 Å². The van der Waals surface area contributed by atoms with Crippen LogP contribution in [0, 0.1) is 0 Å². The van der Waals surface area contributed by atoms with Crippen LogP contribution >= 0.6 is 11.8 Å². The number of imidazole rings is 1. The van der Waals surface area contributed by atoms with E-state index in [0.29, 0.717) is 29.7 Å². The molecule has 2 N–H and O–H groups in total. The molecule has 0 unspecified atom stereocenters. The number of carbonyl (C=O) groups excluding carboxylic acids is 1. The van der Waals surface area contributed by atoms with Gasteiger partial charge in [-0.25, -0.2) is 18.1 Å². The van der Waals surface area contributed by atoms with E-state index < -0.39 is 10.0 Å². The summed E-state index contributed by atoms with van der Waals surface area (Å²) in [6.07, 6.45) is 5.10. The van der Waals surface area contributed by atoms with Gasteiger partial charge in [-0.05, 0) is 49.4 Å². The Kier molecular flexibility index (Phi) is 6.37. The number of anilines is 1. The smallest absolute Gasteiger partial charge is 0.243 e. The number of thioether (sulfide) groups is 1. The van der Waals surface area contributed by atoms with Crippen molar-refractivity contribution in [3.05, 3.63) is 60.3 Å². The van der Waals surface area contributed by atoms with Crippen molar-refractivity contribution in [2.75, 3.05) is 36.1 Å². The van der Waals surface area contributed by atoms with E-state index in [1.807, 2.05) is 30.3 Å². The van der Waals surface area contributed by atoms with Gasteiger partial charge < -0.3 is 10.7 Å².